The van der Waals surface area contributed by atoms with Crippen molar-refractivity contribution in [3.05, 3.63) is 72.1 Å². The normalized spacial score (nSPS) is 18.2. The van der Waals surface area contributed by atoms with Gasteiger partial charge in [-0.1, -0.05) is 31.2 Å². The van der Waals surface area contributed by atoms with Crippen LogP contribution in [0.3, 0.4) is 0 Å². The van der Waals surface area contributed by atoms with Crippen molar-refractivity contribution in [3.63, 3.8) is 0 Å². The summed E-state index contributed by atoms with van der Waals surface area (Å²) in [7, 11) is 2.11. The second kappa shape index (κ2) is 17.8. The van der Waals surface area contributed by atoms with Gasteiger partial charge in [0, 0.05) is 108 Å². The standard InChI is InChI=1S/C38H52N10O3/c1-3-29-5-4-6-32(19-29)33-20-34(43-35(49)25-39-21-31-22-40-28-41-23-31)37(42-24-33)38(51)48-9-7-30(8-10-48)26-45-13-15-46(16-14-45)27-36(50)47-17-11-44(2)12-18-47/h4-6,19-20,22-24,28,30,39H,3,7-18,21,25-27H2,1-2H3,(H,43,49). The summed E-state index contributed by atoms with van der Waals surface area (Å²) in [5.74, 6) is 0.339. The van der Waals surface area contributed by atoms with Gasteiger partial charge in [-0.25, -0.2) is 15.0 Å². The number of piperidine rings is 1. The van der Waals surface area contributed by atoms with E-state index in [4.69, 9.17) is 0 Å². The van der Waals surface area contributed by atoms with Crippen molar-refractivity contribution in [2.24, 2.45) is 5.92 Å². The summed E-state index contributed by atoms with van der Waals surface area (Å²) in [4.78, 5) is 63.5. The predicted octanol–water partition coefficient (Wildman–Crippen LogP) is 2.07. The first-order valence-corrected chi connectivity index (χ1v) is 18.4. The molecule has 0 aliphatic carbocycles. The van der Waals surface area contributed by atoms with Gasteiger partial charge in [0.15, 0.2) is 5.69 Å². The Morgan fingerprint density at radius 1 is 0.804 bits per heavy atom. The Bertz CT molecular complexity index is 1620. The second-order valence-corrected chi connectivity index (χ2v) is 14.1. The van der Waals surface area contributed by atoms with Crippen LogP contribution < -0.4 is 10.6 Å². The lowest BCUT2D eigenvalue weighted by Gasteiger charge is -2.39. The number of carbonyl (C=O) groups is 3. The van der Waals surface area contributed by atoms with E-state index in [0.29, 0.717) is 37.8 Å². The number of pyridine rings is 1. The molecule has 0 unspecified atom stereocenters. The number of anilines is 1. The highest BCUT2D eigenvalue weighted by Gasteiger charge is 2.29. The number of hydrogen-bond acceptors (Lipinski definition) is 10. The van der Waals surface area contributed by atoms with Crippen molar-refractivity contribution in [1.29, 1.82) is 0 Å². The summed E-state index contributed by atoms with van der Waals surface area (Å²) in [5.41, 5.74) is 4.58. The molecule has 13 heteroatoms. The molecule has 13 nitrogen and oxygen atoms in total. The topological polar surface area (TPSA) is 130 Å². The summed E-state index contributed by atoms with van der Waals surface area (Å²) < 4.78 is 0. The Labute approximate surface area is 301 Å². The summed E-state index contributed by atoms with van der Waals surface area (Å²) >= 11 is 0. The van der Waals surface area contributed by atoms with Crippen LogP contribution in [-0.4, -0.2) is 149 Å². The molecule has 0 atom stereocenters. The summed E-state index contributed by atoms with van der Waals surface area (Å²) in [6, 6.07) is 10.1. The van der Waals surface area contributed by atoms with E-state index in [1.54, 1.807) is 18.6 Å². The minimum atomic E-state index is -0.260. The number of likely N-dealkylation sites (N-methyl/N-ethyl adjacent to an activating group) is 1. The minimum absolute atomic E-state index is 0.0598. The molecule has 0 saturated carbocycles. The lowest BCUT2D eigenvalue weighted by molar-refractivity contribution is -0.134. The van der Waals surface area contributed by atoms with Gasteiger partial charge in [0.25, 0.3) is 5.91 Å². The molecule has 0 radical (unpaired) electrons. The van der Waals surface area contributed by atoms with Gasteiger partial charge in [-0.05, 0) is 49.4 Å². The molecule has 51 heavy (non-hydrogen) atoms. The Hall–Kier alpha value is -4.30. The van der Waals surface area contributed by atoms with Gasteiger partial charge in [0.1, 0.15) is 6.33 Å². The highest BCUT2D eigenvalue weighted by Crippen LogP contribution is 2.28. The number of piperazine rings is 2. The third kappa shape index (κ3) is 10.2. The zero-order chi connectivity index (χ0) is 35.6. The number of nitrogens with zero attached hydrogens (tertiary/aromatic N) is 8. The molecule has 2 aromatic heterocycles. The molecule has 272 valence electrons. The molecule has 3 fully saturated rings. The monoisotopic (exact) mass is 696 g/mol. The number of likely N-dealkylation sites (tertiary alicyclic amines) is 1. The van der Waals surface area contributed by atoms with Gasteiger partial charge in [0.2, 0.25) is 11.8 Å². The maximum atomic E-state index is 13.9. The molecule has 0 spiro atoms. The Morgan fingerprint density at radius 2 is 1.53 bits per heavy atom. The van der Waals surface area contributed by atoms with E-state index in [9.17, 15) is 14.4 Å². The predicted molar refractivity (Wildman–Crippen MR) is 197 cm³/mol. The molecular weight excluding hydrogens is 644 g/mol. The smallest absolute Gasteiger partial charge is 0.274 e. The maximum absolute atomic E-state index is 13.9. The highest BCUT2D eigenvalue weighted by molar-refractivity contribution is 6.03. The second-order valence-electron chi connectivity index (χ2n) is 14.1. The number of hydrogen-bond donors (Lipinski definition) is 2. The number of amides is 3. The fourth-order valence-electron chi connectivity index (χ4n) is 7.11. The Kier molecular flexibility index (Phi) is 12.7. The van der Waals surface area contributed by atoms with Gasteiger partial charge in [-0.3, -0.25) is 19.3 Å². The molecule has 3 aromatic rings. The molecule has 6 rings (SSSR count). The van der Waals surface area contributed by atoms with Crippen molar-refractivity contribution in [3.8, 4) is 11.1 Å². The quantitative estimate of drug-likeness (QED) is 0.291. The average molecular weight is 697 g/mol. The number of aromatic nitrogens is 3. The fourth-order valence-corrected chi connectivity index (χ4v) is 7.11. The summed E-state index contributed by atoms with van der Waals surface area (Å²) in [6.45, 7) is 12.7. The molecule has 0 bridgehead atoms. The van der Waals surface area contributed by atoms with Crippen LogP contribution in [0.15, 0.2) is 55.2 Å². The molecule has 2 N–H and O–H groups in total. The number of rotatable bonds is 12. The largest absolute Gasteiger partial charge is 0.339 e. The molecule has 3 saturated heterocycles. The average Bonchev–Trinajstić information content (AvgIpc) is 3.16. The van der Waals surface area contributed by atoms with Gasteiger partial charge in [0.05, 0.1) is 18.8 Å². The first kappa shape index (κ1) is 36.5. The van der Waals surface area contributed by atoms with Crippen molar-refractivity contribution in [2.45, 2.75) is 32.7 Å². The Balaban J connectivity index is 1.02. The van der Waals surface area contributed by atoms with Gasteiger partial charge in [-0.2, -0.15) is 0 Å². The van der Waals surface area contributed by atoms with E-state index in [1.165, 1.54) is 11.9 Å². The van der Waals surface area contributed by atoms with E-state index in [-0.39, 0.29) is 30.0 Å². The van der Waals surface area contributed by atoms with Crippen LogP contribution in [0.4, 0.5) is 5.69 Å². The summed E-state index contributed by atoms with van der Waals surface area (Å²) in [6.07, 6.45) is 9.36. The van der Waals surface area contributed by atoms with Crippen LogP contribution in [-0.2, 0) is 22.6 Å². The zero-order valence-corrected chi connectivity index (χ0v) is 30.1. The van der Waals surface area contributed by atoms with E-state index in [1.807, 2.05) is 28.0 Å². The van der Waals surface area contributed by atoms with Gasteiger partial charge >= 0.3 is 0 Å². The van der Waals surface area contributed by atoms with Crippen LogP contribution in [0, 0.1) is 5.92 Å². The van der Waals surface area contributed by atoms with Crippen molar-refractivity contribution >= 4 is 23.4 Å². The van der Waals surface area contributed by atoms with E-state index < -0.39 is 0 Å². The minimum Gasteiger partial charge on any atom is -0.339 e. The van der Waals surface area contributed by atoms with Gasteiger partial charge in [-0.15, -0.1) is 0 Å². The molecule has 1 aromatic carbocycles. The first-order valence-electron chi connectivity index (χ1n) is 18.4. The van der Waals surface area contributed by atoms with E-state index in [0.717, 1.165) is 94.9 Å². The van der Waals surface area contributed by atoms with Crippen LogP contribution in [0.25, 0.3) is 11.1 Å². The van der Waals surface area contributed by atoms with Crippen molar-refractivity contribution < 1.29 is 14.4 Å². The Morgan fingerprint density at radius 3 is 2.25 bits per heavy atom. The van der Waals surface area contributed by atoms with Crippen LogP contribution in [0.1, 0.15) is 41.4 Å². The summed E-state index contributed by atoms with van der Waals surface area (Å²) in [5, 5.41) is 6.10. The van der Waals surface area contributed by atoms with Crippen LogP contribution >= 0.6 is 0 Å². The number of aryl methyl sites for hydroxylation is 1. The van der Waals surface area contributed by atoms with E-state index >= 15 is 0 Å². The van der Waals surface area contributed by atoms with Crippen molar-refractivity contribution in [1.82, 2.24) is 44.8 Å². The number of benzene rings is 1. The van der Waals surface area contributed by atoms with E-state index in [2.05, 4.69) is 66.4 Å². The van der Waals surface area contributed by atoms with Crippen LogP contribution in [0.5, 0.6) is 0 Å². The molecule has 5 heterocycles. The lowest BCUT2D eigenvalue weighted by Crippen LogP contribution is -2.53. The number of carbonyl (C=O) groups excluding carboxylic acids is 3. The highest BCUT2D eigenvalue weighted by atomic mass is 16.2. The maximum Gasteiger partial charge on any atom is 0.274 e. The first-order chi connectivity index (χ1) is 24.8. The molecule has 3 amide bonds. The van der Waals surface area contributed by atoms with Gasteiger partial charge < -0.3 is 30.2 Å². The zero-order valence-electron chi connectivity index (χ0n) is 30.1. The molecular formula is C38H52N10O3. The molecule has 3 aliphatic heterocycles. The SMILES string of the molecule is CCc1cccc(-c2cnc(C(=O)N3CCC(CN4CCN(CC(=O)N5CCN(C)CC5)CC4)CC3)c(NC(=O)CNCc3cncnc3)c2)c1. The lowest BCUT2D eigenvalue weighted by atomic mass is 9.95. The third-order valence-electron chi connectivity index (χ3n) is 10.4. The van der Waals surface area contributed by atoms with Crippen LogP contribution in [0.2, 0.25) is 0 Å². The molecule has 3 aliphatic rings. The third-order valence-corrected chi connectivity index (χ3v) is 10.4. The van der Waals surface area contributed by atoms with Crippen molar-refractivity contribution in [2.75, 3.05) is 97.4 Å². The fraction of sp³-hybridized carbons (Fsp3) is 0.526. The number of nitrogens with one attached hydrogen (secondary N) is 2.